The summed E-state index contributed by atoms with van der Waals surface area (Å²) in [7, 11) is 0. The van der Waals surface area contributed by atoms with Gasteiger partial charge in [0.1, 0.15) is 5.84 Å². The van der Waals surface area contributed by atoms with E-state index >= 15 is 0 Å². The lowest BCUT2D eigenvalue weighted by Gasteiger charge is -2.30. The number of nitrogens with one attached hydrogen (secondary N) is 2. The summed E-state index contributed by atoms with van der Waals surface area (Å²) in [6, 6.07) is 3.64. The van der Waals surface area contributed by atoms with E-state index in [-0.39, 0.29) is 16.6 Å². The van der Waals surface area contributed by atoms with Gasteiger partial charge in [0, 0.05) is 18.2 Å². The fraction of sp³-hybridized carbons (Fsp3) is 0.462. The minimum atomic E-state index is -4.50. The van der Waals surface area contributed by atoms with Crippen molar-refractivity contribution in [1.29, 1.82) is 0 Å². The summed E-state index contributed by atoms with van der Waals surface area (Å²) in [5.41, 5.74) is -0.614. The Bertz CT molecular complexity index is 570. The molecule has 1 aliphatic rings. The maximum Gasteiger partial charge on any atom is 0.417 e. The van der Waals surface area contributed by atoms with Crippen molar-refractivity contribution in [1.82, 2.24) is 5.32 Å². The molecule has 0 bridgehead atoms. The van der Waals surface area contributed by atoms with Crippen LogP contribution in [0, 0.1) is 5.92 Å². The quantitative estimate of drug-likeness (QED) is 0.590. The van der Waals surface area contributed by atoms with Gasteiger partial charge in [-0.25, -0.2) is 4.99 Å². The minimum absolute atomic E-state index is 0.00170. The van der Waals surface area contributed by atoms with Gasteiger partial charge < -0.3 is 5.32 Å². The molecule has 116 valence electrons. The van der Waals surface area contributed by atoms with Crippen LogP contribution in [0.4, 0.5) is 18.9 Å². The Morgan fingerprint density at radius 1 is 1.43 bits per heavy atom. The summed E-state index contributed by atoms with van der Waals surface area (Å²) in [6.45, 7) is 4.14. The Morgan fingerprint density at radius 2 is 2.10 bits per heavy atom. The third-order valence-electron chi connectivity index (χ3n) is 3.07. The summed E-state index contributed by atoms with van der Waals surface area (Å²) in [6.07, 6.45) is -4.50. The maximum absolute atomic E-state index is 12.8. The average Bonchev–Trinajstić information content (AvgIpc) is 2.34. The van der Waals surface area contributed by atoms with Gasteiger partial charge in [0.2, 0.25) is 0 Å². The molecule has 0 radical (unpaired) electrons. The number of rotatable bonds is 1. The Labute approximate surface area is 130 Å². The van der Waals surface area contributed by atoms with Gasteiger partial charge in [0.15, 0.2) is 5.12 Å². The smallest absolute Gasteiger partial charge is 0.344 e. The van der Waals surface area contributed by atoms with Crippen molar-refractivity contribution >= 4 is 34.7 Å². The molecule has 0 fully saturated rings. The van der Waals surface area contributed by atoms with Crippen LogP contribution in [0.1, 0.15) is 19.4 Å². The highest BCUT2D eigenvalue weighted by Gasteiger charge is 2.34. The van der Waals surface area contributed by atoms with Crippen LogP contribution in [0.5, 0.6) is 0 Å². The Hall–Kier alpha value is -0.980. The van der Waals surface area contributed by atoms with Crippen molar-refractivity contribution in [2.24, 2.45) is 10.9 Å². The summed E-state index contributed by atoms with van der Waals surface area (Å²) in [4.78, 5) is 4.25. The van der Waals surface area contributed by atoms with Crippen LogP contribution in [-0.4, -0.2) is 17.5 Å². The zero-order valence-electron chi connectivity index (χ0n) is 11.4. The number of hydrogen-bond acceptors (Lipinski definition) is 3. The molecule has 1 aromatic carbocycles. The first-order valence-corrected chi connectivity index (χ1v) is 7.01. The number of alkyl halides is 4. The summed E-state index contributed by atoms with van der Waals surface area (Å²) in [5, 5.41) is 4.60. The van der Waals surface area contributed by atoms with Gasteiger partial charge in [0.05, 0.1) is 10.6 Å². The fourth-order valence-electron chi connectivity index (χ4n) is 1.93. The third-order valence-corrected chi connectivity index (χ3v) is 3.62. The molecule has 1 heterocycles. The second-order valence-electron chi connectivity index (χ2n) is 5.05. The molecule has 0 spiro atoms. The largest absolute Gasteiger partial charge is 0.417 e. The van der Waals surface area contributed by atoms with Gasteiger partial charge in [-0.2, -0.15) is 13.2 Å². The zero-order chi connectivity index (χ0) is 15.8. The number of amidine groups is 1. The molecular formula is C13H14Cl2F3N3. The van der Waals surface area contributed by atoms with Crippen molar-refractivity contribution in [3.8, 4) is 0 Å². The van der Waals surface area contributed by atoms with E-state index in [0.29, 0.717) is 12.4 Å². The predicted molar refractivity (Wildman–Crippen MR) is 78.9 cm³/mol. The molecule has 21 heavy (non-hydrogen) atoms. The standard InChI is InChI=1S/C13H14Cl2F3N3/c1-7-6-19-12(2,15)21-11(7)20-8-3-4-10(14)9(5-8)13(16,17)18/h3-5,7,19H,6H2,1-2H3,(H,20,21). The van der Waals surface area contributed by atoms with Gasteiger partial charge in [-0.3, -0.25) is 5.32 Å². The molecular weight excluding hydrogens is 326 g/mol. The zero-order valence-corrected chi connectivity index (χ0v) is 12.9. The van der Waals surface area contributed by atoms with Gasteiger partial charge in [-0.15, -0.1) is 0 Å². The number of aliphatic imine (C=N–C) groups is 1. The van der Waals surface area contributed by atoms with Crippen molar-refractivity contribution in [3.05, 3.63) is 28.8 Å². The number of benzene rings is 1. The van der Waals surface area contributed by atoms with Gasteiger partial charge in [-0.1, -0.05) is 30.1 Å². The van der Waals surface area contributed by atoms with Crippen molar-refractivity contribution in [3.63, 3.8) is 0 Å². The Kier molecular flexibility index (Phi) is 4.42. The summed E-state index contributed by atoms with van der Waals surface area (Å²) in [5.74, 6) is 0.531. The van der Waals surface area contributed by atoms with Crippen molar-refractivity contribution in [2.45, 2.75) is 25.1 Å². The van der Waals surface area contributed by atoms with E-state index in [1.54, 1.807) is 6.92 Å². The van der Waals surface area contributed by atoms with Crippen LogP contribution in [0.3, 0.4) is 0 Å². The maximum atomic E-state index is 12.8. The van der Waals surface area contributed by atoms with Gasteiger partial charge in [0.25, 0.3) is 0 Å². The first-order chi connectivity index (χ1) is 9.58. The highest BCUT2D eigenvalue weighted by Crippen LogP contribution is 2.36. The van der Waals surface area contributed by atoms with E-state index in [1.807, 2.05) is 6.92 Å². The van der Waals surface area contributed by atoms with E-state index < -0.39 is 16.9 Å². The molecule has 2 N–H and O–H groups in total. The lowest BCUT2D eigenvalue weighted by atomic mass is 10.1. The Morgan fingerprint density at radius 3 is 2.71 bits per heavy atom. The lowest BCUT2D eigenvalue weighted by molar-refractivity contribution is -0.137. The van der Waals surface area contributed by atoms with Crippen molar-refractivity contribution in [2.75, 3.05) is 11.9 Å². The topological polar surface area (TPSA) is 36.4 Å². The fourth-order valence-corrected chi connectivity index (χ4v) is 2.32. The first-order valence-electron chi connectivity index (χ1n) is 6.26. The molecule has 1 aromatic rings. The normalized spacial score (nSPS) is 26.4. The van der Waals surface area contributed by atoms with E-state index in [9.17, 15) is 13.2 Å². The number of hydrogen-bond donors (Lipinski definition) is 2. The number of anilines is 1. The van der Waals surface area contributed by atoms with E-state index in [1.165, 1.54) is 12.1 Å². The second-order valence-corrected chi connectivity index (χ2v) is 6.19. The molecule has 1 aliphatic heterocycles. The van der Waals surface area contributed by atoms with Crippen LogP contribution < -0.4 is 10.6 Å². The highest BCUT2D eigenvalue weighted by molar-refractivity contribution is 6.31. The molecule has 2 atom stereocenters. The van der Waals surface area contributed by atoms with Crippen LogP contribution in [0.15, 0.2) is 23.2 Å². The second kappa shape index (κ2) is 5.66. The average molecular weight is 340 g/mol. The number of halogens is 5. The first kappa shape index (κ1) is 16.4. The van der Waals surface area contributed by atoms with E-state index in [4.69, 9.17) is 23.2 Å². The van der Waals surface area contributed by atoms with Crippen LogP contribution >= 0.6 is 23.2 Å². The molecule has 0 saturated carbocycles. The molecule has 8 heteroatoms. The minimum Gasteiger partial charge on any atom is -0.344 e. The van der Waals surface area contributed by atoms with Gasteiger partial charge >= 0.3 is 6.18 Å². The van der Waals surface area contributed by atoms with Crippen LogP contribution in [0.25, 0.3) is 0 Å². The predicted octanol–water partition coefficient (Wildman–Crippen LogP) is 4.32. The molecule has 2 rings (SSSR count). The summed E-state index contributed by atoms with van der Waals surface area (Å²) < 4.78 is 38.5. The van der Waals surface area contributed by atoms with E-state index in [2.05, 4.69) is 15.6 Å². The van der Waals surface area contributed by atoms with Crippen molar-refractivity contribution < 1.29 is 13.2 Å². The molecule has 0 amide bonds. The molecule has 0 aromatic heterocycles. The monoisotopic (exact) mass is 339 g/mol. The van der Waals surface area contributed by atoms with Crippen LogP contribution in [0.2, 0.25) is 5.02 Å². The van der Waals surface area contributed by atoms with E-state index in [0.717, 1.165) is 6.07 Å². The molecule has 3 nitrogen and oxygen atoms in total. The van der Waals surface area contributed by atoms with Crippen LogP contribution in [-0.2, 0) is 6.18 Å². The number of nitrogens with zero attached hydrogens (tertiary/aromatic N) is 1. The highest BCUT2D eigenvalue weighted by atomic mass is 35.5. The van der Waals surface area contributed by atoms with Gasteiger partial charge in [-0.05, 0) is 25.1 Å². The molecule has 2 unspecified atom stereocenters. The SMILES string of the molecule is CC1CNC(C)(Cl)N=C1Nc1ccc(Cl)c(C(F)(F)F)c1. The molecule has 0 aliphatic carbocycles. The third kappa shape index (κ3) is 4.02. The Balaban J connectivity index is 2.30. The lowest BCUT2D eigenvalue weighted by Crippen LogP contribution is -2.47. The summed E-state index contributed by atoms with van der Waals surface area (Å²) >= 11 is 11.7. The molecule has 0 saturated heterocycles.